The number of urea groups is 1. The van der Waals surface area contributed by atoms with Crippen LogP contribution in [0.5, 0.6) is 0 Å². The third-order valence-electron chi connectivity index (χ3n) is 3.64. The Morgan fingerprint density at radius 1 is 1.22 bits per heavy atom. The number of hydrogen-bond donors (Lipinski definition) is 2. The van der Waals surface area contributed by atoms with Gasteiger partial charge in [0.05, 0.1) is 0 Å². The highest BCUT2D eigenvalue weighted by Gasteiger charge is 2.19. The number of hydrogen-bond acceptors (Lipinski definition) is 3. The van der Waals surface area contributed by atoms with Crippen LogP contribution in [0.4, 0.5) is 10.5 Å². The first-order valence-corrected chi connectivity index (χ1v) is 9.21. The summed E-state index contributed by atoms with van der Waals surface area (Å²) in [4.78, 5) is 13.9. The summed E-state index contributed by atoms with van der Waals surface area (Å²) in [5, 5.41) is 5.61. The van der Waals surface area contributed by atoms with Gasteiger partial charge >= 0.3 is 6.03 Å². The highest BCUT2D eigenvalue weighted by molar-refractivity contribution is 7.86. The highest BCUT2D eigenvalue weighted by Crippen LogP contribution is 2.13. The van der Waals surface area contributed by atoms with E-state index < -0.39 is 10.8 Å². The van der Waals surface area contributed by atoms with Crippen LogP contribution in [0.1, 0.15) is 27.7 Å². The summed E-state index contributed by atoms with van der Waals surface area (Å²) < 4.78 is 11.6. The molecule has 1 aromatic rings. The zero-order valence-electron chi connectivity index (χ0n) is 14.8. The molecule has 0 aromatic heterocycles. The monoisotopic (exact) mass is 339 g/mol. The Morgan fingerprint density at radius 2 is 1.83 bits per heavy atom. The van der Waals surface area contributed by atoms with Crippen LogP contribution >= 0.6 is 0 Å². The fraction of sp³-hybridized carbons (Fsp3) is 0.588. The van der Waals surface area contributed by atoms with Gasteiger partial charge in [-0.15, -0.1) is 0 Å². The Balaban J connectivity index is 2.29. The van der Waals surface area contributed by atoms with Gasteiger partial charge < -0.3 is 15.5 Å². The predicted molar refractivity (Wildman–Crippen MR) is 98.5 cm³/mol. The van der Waals surface area contributed by atoms with Gasteiger partial charge in [-0.05, 0) is 39.8 Å². The smallest absolute Gasteiger partial charge is 0.314 e. The molecular weight excluding hydrogens is 310 g/mol. The maximum atomic E-state index is 11.9. The van der Waals surface area contributed by atoms with Crippen molar-refractivity contribution >= 4 is 22.5 Å². The van der Waals surface area contributed by atoms with Gasteiger partial charge in [-0.3, -0.25) is 4.21 Å². The first-order valence-electron chi connectivity index (χ1n) is 7.90. The van der Waals surface area contributed by atoms with Crippen LogP contribution in [0, 0.1) is 0 Å². The number of carbonyl (C=O) groups excluding carboxylic acids is 1. The highest BCUT2D eigenvalue weighted by atomic mass is 32.2. The number of likely N-dealkylation sites (N-methyl/N-ethyl adjacent to an activating group) is 1. The van der Waals surface area contributed by atoms with Crippen molar-refractivity contribution in [3.05, 3.63) is 30.3 Å². The number of amides is 2. The van der Waals surface area contributed by atoms with Gasteiger partial charge in [-0.2, -0.15) is 0 Å². The minimum Gasteiger partial charge on any atom is -0.370 e. The van der Waals surface area contributed by atoms with Gasteiger partial charge in [0.15, 0.2) is 0 Å². The SMILES string of the molecule is C[C@@H](CNC(=O)NCC[S@@](=O)C(C)(C)C)N(C)c1ccccc1. The van der Waals surface area contributed by atoms with E-state index in [0.717, 1.165) is 5.69 Å². The normalized spacial score (nSPS) is 14.0. The molecule has 0 radical (unpaired) electrons. The lowest BCUT2D eigenvalue weighted by atomic mass is 10.2. The first kappa shape index (κ1) is 19.5. The second-order valence-corrected chi connectivity index (χ2v) is 8.92. The molecule has 0 saturated heterocycles. The van der Waals surface area contributed by atoms with Crippen LogP contribution in [-0.4, -0.2) is 46.9 Å². The average molecular weight is 340 g/mol. The van der Waals surface area contributed by atoms with Gasteiger partial charge in [-0.1, -0.05) is 18.2 Å². The number of nitrogens with zero attached hydrogens (tertiary/aromatic N) is 1. The van der Waals surface area contributed by atoms with Gasteiger partial charge in [-0.25, -0.2) is 4.79 Å². The largest absolute Gasteiger partial charge is 0.370 e. The molecule has 2 N–H and O–H groups in total. The van der Waals surface area contributed by atoms with E-state index in [9.17, 15) is 9.00 Å². The summed E-state index contributed by atoms with van der Waals surface area (Å²) >= 11 is 0. The molecule has 1 rings (SSSR count). The molecule has 6 heteroatoms. The zero-order valence-corrected chi connectivity index (χ0v) is 15.6. The molecule has 1 aromatic carbocycles. The molecule has 2 amide bonds. The molecule has 0 fully saturated rings. The van der Waals surface area contributed by atoms with E-state index in [2.05, 4.69) is 22.5 Å². The zero-order chi connectivity index (χ0) is 17.5. The maximum Gasteiger partial charge on any atom is 0.314 e. The van der Waals surface area contributed by atoms with Gasteiger partial charge in [0, 0.05) is 53.2 Å². The molecule has 2 atom stereocenters. The molecule has 5 nitrogen and oxygen atoms in total. The molecule has 23 heavy (non-hydrogen) atoms. The van der Waals surface area contributed by atoms with Crippen LogP contribution in [0.25, 0.3) is 0 Å². The molecule has 0 saturated carbocycles. The fourth-order valence-corrected chi connectivity index (χ4v) is 2.82. The number of rotatable bonds is 7. The van der Waals surface area contributed by atoms with E-state index in [4.69, 9.17) is 0 Å². The Kier molecular flexibility index (Phi) is 7.55. The molecule has 0 aliphatic rings. The third-order valence-corrected chi connectivity index (χ3v) is 5.58. The summed E-state index contributed by atoms with van der Waals surface area (Å²) in [5.74, 6) is 0.469. The van der Waals surface area contributed by atoms with Crippen LogP contribution < -0.4 is 15.5 Å². The van der Waals surface area contributed by atoms with E-state index >= 15 is 0 Å². The number of carbonyl (C=O) groups is 1. The number of nitrogens with one attached hydrogen (secondary N) is 2. The molecule has 0 spiro atoms. The van der Waals surface area contributed by atoms with Crippen molar-refractivity contribution in [1.29, 1.82) is 0 Å². The molecule has 130 valence electrons. The molecule has 0 aliphatic carbocycles. The van der Waals surface area contributed by atoms with E-state index in [-0.39, 0.29) is 16.8 Å². The predicted octanol–water partition coefficient (Wildman–Crippen LogP) is 2.36. The van der Waals surface area contributed by atoms with Crippen LogP contribution in [0.2, 0.25) is 0 Å². The Labute approximate surface area is 142 Å². The van der Waals surface area contributed by atoms with Crippen molar-refractivity contribution in [2.45, 2.75) is 38.5 Å². The number of benzene rings is 1. The lowest BCUT2D eigenvalue weighted by Crippen LogP contribution is -2.45. The van der Waals surface area contributed by atoms with Crippen molar-refractivity contribution in [3.8, 4) is 0 Å². The van der Waals surface area contributed by atoms with E-state index in [1.807, 2.05) is 58.2 Å². The topological polar surface area (TPSA) is 61.4 Å². The van der Waals surface area contributed by atoms with Crippen molar-refractivity contribution in [2.24, 2.45) is 0 Å². The Hall–Kier alpha value is -1.56. The van der Waals surface area contributed by atoms with Crippen molar-refractivity contribution in [1.82, 2.24) is 10.6 Å². The minimum absolute atomic E-state index is 0.173. The van der Waals surface area contributed by atoms with Crippen LogP contribution in [0.15, 0.2) is 30.3 Å². The summed E-state index contributed by atoms with van der Waals surface area (Å²) in [6.45, 7) is 8.82. The Bertz CT molecular complexity index is 514. The summed E-state index contributed by atoms with van der Waals surface area (Å²) in [5.41, 5.74) is 1.11. The third kappa shape index (κ3) is 7.03. The minimum atomic E-state index is -0.949. The average Bonchev–Trinajstić information content (AvgIpc) is 2.51. The lowest BCUT2D eigenvalue weighted by molar-refractivity contribution is 0.241. The van der Waals surface area contributed by atoms with Crippen molar-refractivity contribution in [3.63, 3.8) is 0 Å². The second-order valence-electron chi connectivity index (χ2n) is 6.59. The van der Waals surface area contributed by atoms with Crippen LogP contribution in [0.3, 0.4) is 0 Å². The molecule has 0 unspecified atom stereocenters. The first-order chi connectivity index (χ1) is 10.7. The van der Waals surface area contributed by atoms with Gasteiger partial charge in [0.2, 0.25) is 0 Å². The molecule has 0 bridgehead atoms. The Morgan fingerprint density at radius 3 is 2.39 bits per heavy atom. The van der Waals surface area contributed by atoms with Gasteiger partial charge in [0.25, 0.3) is 0 Å². The molecular formula is C17H29N3O2S. The van der Waals surface area contributed by atoms with E-state index in [1.54, 1.807) is 0 Å². The lowest BCUT2D eigenvalue weighted by Gasteiger charge is -2.27. The summed E-state index contributed by atoms with van der Waals surface area (Å²) in [6.07, 6.45) is 0. The van der Waals surface area contributed by atoms with Crippen LogP contribution in [-0.2, 0) is 10.8 Å². The maximum absolute atomic E-state index is 11.9. The number of para-hydroxylation sites is 1. The quantitative estimate of drug-likeness (QED) is 0.802. The number of anilines is 1. The van der Waals surface area contributed by atoms with Gasteiger partial charge in [0.1, 0.15) is 0 Å². The fourth-order valence-electron chi connectivity index (χ4n) is 1.92. The second kappa shape index (κ2) is 8.91. The molecule has 0 aliphatic heterocycles. The van der Waals surface area contributed by atoms with Crippen molar-refractivity contribution < 1.29 is 9.00 Å². The van der Waals surface area contributed by atoms with E-state index in [0.29, 0.717) is 18.8 Å². The summed E-state index contributed by atoms with van der Waals surface area (Å²) in [6, 6.07) is 10.0. The van der Waals surface area contributed by atoms with Crippen molar-refractivity contribution in [2.75, 3.05) is 30.8 Å². The standard InChI is InChI=1S/C17H29N3O2S/c1-14(20(5)15-9-7-6-8-10-15)13-19-16(21)18-11-12-23(22)17(2,3)4/h6-10,14H,11-13H2,1-5H3,(H2,18,19,21)/t14-,23+/m0/s1. The summed E-state index contributed by atoms with van der Waals surface area (Å²) in [7, 11) is 1.06. The molecule has 0 heterocycles. The van der Waals surface area contributed by atoms with E-state index in [1.165, 1.54) is 0 Å².